The van der Waals surface area contributed by atoms with Crippen LogP contribution in [0.15, 0.2) is 66.7 Å². The minimum atomic E-state index is -0.176. The third-order valence-electron chi connectivity index (χ3n) is 3.86. The summed E-state index contributed by atoms with van der Waals surface area (Å²) in [6.07, 6.45) is 0. The van der Waals surface area contributed by atoms with Gasteiger partial charge in [0.1, 0.15) is 5.01 Å². The molecular weight excluding hydrogens is 479 g/mol. The van der Waals surface area contributed by atoms with Gasteiger partial charge in [-0.05, 0) is 77.2 Å². The number of carbonyl (C=O) groups is 1. The summed E-state index contributed by atoms with van der Waals surface area (Å²) in [5, 5.41) is 4.49. The number of amides is 1. The van der Waals surface area contributed by atoms with Crippen molar-refractivity contribution in [1.82, 2.24) is 4.98 Å². The molecule has 0 aliphatic rings. The lowest BCUT2D eigenvalue weighted by molar-refractivity contribution is 0.102. The van der Waals surface area contributed by atoms with Gasteiger partial charge >= 0.3 is 0 Å². The summed E-state index contributed by atoms with van der Waals surface area (Å²) in [7, 11) is 0. The lowest BCUT2D eigenvalue weighted by Crippen LogP contribution is -2.12. The van der Waals surface area contributed by atoms with Crippen molar-refractivity contribution in [1.29, 1.82) is 0 Å². The van der Waals surface area contributed by atoms with E-state index in [9.17, 15) is 4.79 Å². The summed E-state index contributed by atoms with van der Waals surface area (Å²) in [5.74, 6) is -0.176. The molecule has 0 radical (unpaired) electrons. The van der Waals surface area contributed by atoms with Gasteiger partial charge in [-0.2, -0.15) is 0 Å². The number of para-hydroxylation sites is 1. The van der Waals surface area contributed by atoms with Crippen molar-refractivity contribution in [3.63, 3.8) is 0 Å². The zero-order valence-corrected chi connectivity index (χ0v) is 17.1. The van der Waals surface area contributed by atoms with Crippen molar-refractivity contribution in [3.8, 4) is 10.6 Å². The number of nitrogens with one attached hydrogen (secondary N) is 1. The second-order valence-electron chi connectivity index (χ2n) is 5.64. The van der Waals surface area contributed by atoms with Crippen LogP contribution in [0, 0.1) is 3.57 Å². The monoisotopic (exact) mass is 490 g/mol. The van der Waals surface area contributed by atoms with Crippen molar-refractivity contribution in [2.45, 2.75) is 0 Å². The fourth-order valence-corrected chi connectivity index (χ4v) is 4.20. The van der Waals surface area contributed by atoms with Crippen LogP contribution in [0.5, 0.6) is 0 Å². The number of anilines is 1. The Morgan fingerprint density at radius 1 is 1.04 bits per heavy atom. The highest BCUT2D eigenvalue weighted by atomic mass is 127. The molecule has 0 saturated carbocycles. The Kier molecular flexibility index (Phi) is 4.93. The van der Waals surface area contributed by atoms with E-state index in [0.29, 0.717) is 10.6 Å². The number of rotatable bonds is 3. The van der Waals surface area contributed by atoms with E-state index in [2.05, 4.69) is 34.0 Å². The molecule has 1 amide bonds. The average Bonchev–Trinajstić information content (AvgIpc) is 3.07. The first-order chi connectivity index (χ1) is 12.6. The molecule has 1 heterocycles. The van der Waals surface area contributed by atoms with Crippen LogP contribution in [0.25, 0.3) is 20.8 Å². The Hall–Kier alpha value is -1.96. The van der Waals surface area contributed by atoms with Crippen LogP contribution in [-0.4, -0.2) is 10.9 Å². The van der Waals surface area contributed by atoms with Gasteiger partial charge in [-0.1, -0.05) is 23.7 Å². The van der Waals surface area contributed by atoms with Crippen LogP contribution in [0.4, 0.5) is 5.69 Å². The Bertz CT molecular complexity index is 1080. The third-order valence-corrected chi connectivity index (χ3v) is 5.85. The van der Waals surface area contributed by atoms with E-state index in [1.165, 1.54) is 0 Å². The van der Waals surface area contributed by atoms with Crippen molar-refractivity contribution >= 4 is 67.3 Å². The zero-order valence-electron chi connectivity index (χ0n) is 13.4. The summed E-state index contributed by atoms with van der Waals surface area (Å²) < 4.78 is 2.21. The van der Waals surface area contributed by atoms with E-state index >= 15 is 0 Å². The molecule has 3 nitrogen and oxygen atoms in total. The molecule has 3 aromatic carbocycles. The maximum atomic E-state index is 12.6. The molecule has 4 aromatic rings. The minimum Gasteiger partial charge on any atom is -0.321 e. The molecular formula is C20H12ClIN2OS. The van der Waals surface area contributed by atoms with E-state index in [1.807, 2.05) is 36.4 Å². The standard InChI is InChI=1S/C20H12ClIN2OS/c21-13-7-5-12(6-8-13)19(25)23-16-10-9-14(22)11-15(16)20-24-17-3-1-2-4-18(17)26-20/h1-11H,(H,23,25). The molecule has 1 N–H and O–H groups in total. The molecule has 128 valence electrons. The van der Waals surface area contributed by atoms with Gasteiger partial charge in [-0.25, -0.2) is 4.98 Å². The van der Waals surface area contributed by atoms with E-state index in [0.717, 1.165) is 30.0 Å². The van der Waals surface area contributed by atoms with Crippen molar-refractivity contribution in [3.05, 3.63) is 80.9 Å². The lowest BCUT2D eigenvalue weighted by atomic mass is 10.1. The molecule has 26 heavy (non-hydrogen) atoms. The molecule has 0 atom stereocenters. The quantitative estimate of drug-likeness (QED) is 0.334. The van der Waals surface area contributed by atoms with Crippen LogP contribution >= 0.6 is 45.5 Å². The molecule has 0 aliphatic carbocycles. The molecule has 0 saturated heterocycles. The SMILES string of the molecule is O=C(Nc1ccc(I)cc1-c1nc2ccccc2s1)c1ccc(Cl)cc1. The minimum absolute atomic E-state index is 0.176. The topological polar surface area (TPSA) is 42.0 Å². The van der Waals surface area contributed by atoms with Gasteiger partial charge in [0.25, 0.3) is 5.91 Å². The molecule has 1 aromatic heterocycles. The summed E-state index contributed by atoms with van der Waals surface area (Å²) >= 11 is 9.78. The summed E-state index contributed by atoms with van der Waals surface area (Å²) in [4.78, 5) is 17.3. The fraction of sp³-hybridized carbons (Fsp3) is 0. The predicted octanol–water partition coefficient (Wildman–Crippen LogP) is 6.47. The van der Waals surface area contributed by atoms with Crippen molar-refractivity contribution < 1.29 is 4.79 Å². The number of hydrogen-bond donors (Lipinski definition) is 1. The van der Waals surface area contributed by atoms with Crippen molar-refractivity contribution in [2.75, 3.05) is 5.32 Å². The van der Waals surface area contributed by atoms with Gasteiger partial charge in [0.15, 0.2) is 0 Å². The Labute approximate surface area is 173 Å². The van der Waals surface area contributed by atoms with Crippen LogP contribution in [-0.2, 0) is 0 Å². The second kappa shape index (κ2) is 7.34. The lowest BCUT2D eigenvalue weighted by Gasteiger charge is -2.10. The van der Waals surface area contributed by atoms with Gasteiger partial charge in [0, 0.05) is 19.7 Å². The van der Waals surface area contributed by atoms with Crippen LogP contribution < -0.4 is 5.32 Å². The van der Waals surface area contributed by atoms with Crippen molar-refractivity contribution in [2.24, 2.45) is 0 Å². The predicted molar refractivity (Wildman–Crippen MR) is 117 cm³/mol. The maximum absolute atomic E-state index is 12.6. The molecule has 0 unspecified atom stereocenters. The van der Waals surface area contributed by atoms with Crippen LogP contribution in [0.3, 0.4) is 0 Å². The smallest absolute Gasteiger partial charge is 0.255 e. The largest absolute Gasteiger partial charge is 0.321 e. The maximum Gasteiger partial charge on any atom is 0.255 e. The van der Waals surface area contributed by atoms with E-state index in [1.54, 1.807) is 35.6 Å². The highest BCUT2D eigenvalue weighted by molar-refractivity contribution is 14.1. The second-order valence-corrected chi connectivity index (χ2v) is 8.35. The van der Waals surface area contributed by atoms with Crippen LogP contribution in [0.1, 0.15) is 10.4 Å². The highest BCUT2D eigenvalue weighted by Crippen LogP contribution is 2.35. The Balaban J connectivity index is 1.72. The number of hydrogen-bond acceptors (Lipinski definition) is 3. The number of thiazole rings is 1. The van der Waals surface area contributed by atoms with Crippen LogP contribution in [0.2, 0.25) is 5.02 Å². The zero-order chi connectivity index (χ0) is 18.1. The van der Waals surface area contributed by atoms with E-state index < -0.39 is 0 Å². The first kappa shape index (κ1) is 17.5. The Morgan fingerprint density at radius 2 is 1.81 bits per heavy atom. The van der Waals surface area contributed by atoms with Gasteiger partial charge in [0.05, 0.1) is 15.9 Å². The number of carbonyl (C=O) groups excluding carboxylic acids is 1. The first-order valence-electron chi connectivity index (χ1n) is 7.82. The van der Waals surface area contributed by atoms with Gasteiger partial charge in [-0.15, -0.1) is 11.3 Å². The Morgan fingerprint density at radius 3 is 2.58 bits per heavy atom. The van der Waals surface area contributed by atoms with E-state index in [-0.39, 0.29) is 5.91 Å². The normalized spacial score (nSPS) is 10.8. The average molecular weight is 491 g/mol. The molecule has 4 rings (SSSR count). The van der Waals surface area contributed by atoms with Gasteiger partial charge in [-0.3, -0.25) is 4.79 Å². The molecule has 0 bridgehead atoms. The molecule has 0 fully saturated rings. The highest BCUT2D eigenvalue weighted by Gasteiger charge is 2.14. The molecule has 0 spiro atoms. The number of fused-ring (bicyclic) bond motifs is 1. The summed E-state index contributed by atoms with van der Waals surface area (Å²) in [6, 6.07) is 20.8. The number of halogens is 2. The number of aromatic nitrogens is 1. The van der Waals surface area contributed by atoms with Gasteiger partial charge < -0.3 is 5.32 Å². The van der Waals surface area contributed by atoms with Gasteiger partial charge in [0.2, 0.25) is 0 Å². The summed E-state index contributed by atoms with van der Waals surface area (Å²) in [6.45, 7) is 0. The third kappa shape index (κ3) is 3.60. The number of benzene rings is 3. The van der Waals surface area contributed by atoms with E-state index in [4.69, 9.17) is 16.6 Å². The first-order valence-corrected chi connectivity index (χ1v) is 10.1. The fourth-order valence-electron chi connectivity index (χ4n) is 2.59. The summed E-state index contributed by atoms with van der Waals surface area (Å²) in [5.41, 5.74) is 3.18. The number of nitrogens with zero attached hydrogens (tertiary/aromatic N) is 1. The molecule has 6 heteroatoms. The molecule has 0 aliphatic heterocycles.